The molecule has 0 atom stereocenters. The number of hydrogen-bond acceptors (Lipinski definition) is 4. The third kappa shape index (κ3) is 7.96. The number of rotatable bonds is 9. The zero-order valence-electron chi connectivity index (χ0n) is 21.7. The van der Waals surface area contributed by atoms with E-state index in [1.165, 1.54) is 0 Å². The largest absolute Gasteiger partial charge is 0.454 e. The molecule has 1 heterocycles. The number of ether oxygens (including phenoxy) is 1. The average molecular weight is 625 g/mol. The van der Waals surface area contributed by atoms with Gasteiger partial charge in [-0.05, 0) is 73.2 Å². The van der Waals surface area contributed by atoms with Crippen LogP contribution in [-0.2, 0) is 0 Å². The lowest BCUT2D eigenvalue weighted by Gasteiger charge is -2.17. The maximum Gasteiger partial charge on any atom is 0.200 e. The molecule has 0 fully saturated rings. The summed E-state index contributed by atoms with van der Waals surface area (Å²) >= 11 is 24.8. The lowest BCUT2D eigenvalue weighted by molar-refractivity contribution is 0.485. The lowest BCUT2D eigenvalue weighted by atomic mass is 10.2. The van der Waals surface area contributed by atoms with Gasteiger partial charge in [0.25, 0.3) is 0 Å². The van der Waals surface area contributed by atoms with Crippen LogP contribution in [0, 0.1) is 0 Å². The van der Waals surface area contributed by atoms with E-state index < -0.39 is 0 Å². The normalized spacial score (nSPS) is 11.4. The van der Waals surface area contributed by atoms with E-state index in [1.807, 2.05) is 72.8 Å². The molecule has 0 aliphatic heterocycles. The van der Waals surface area contributed by atoms with Crippen LogP contribution in [0.5, 0.6) is 11.5 Å². The number of hydrogen-bond donors (Lipinski definition) is 3. The molecule has 10 heteroatoms. The number of nitrogens with one attached hydrogen (secondary N) is 3. The molecule has 4 aromatic carbocycles. The van der Waals surface area contributed by atoms with Crippen molar-refractivity contribution >= 4 is 80.3 Å². The third-order valence-corrected chi connectivity index (χ3v) is 6.98. The second-order valence-corrected chi connectivity index (χ2v) is 10.7. The van der Waals surface area contributed by atoms with Crippen molar-refractivity contribution in [1.82, 2.24) is 4.98 Å². The van der Waals surface area contributed by atoms with Gasteiger partial charge in [-0.1, -0.05) is 64.6 Å². The molecule has 0 bridgehead atoms. The molecule has 6 nitrogen and oxygen atoms in total. The highest BCUT2D eigenvalue weighted by molar-refractivity contribution is 6.34. The van der Waals surface area contributed by atoms with E-state index in [-0.39, 0.29) is 0 Å². The van der Waals surface area contributed by atoms with E-state index in [0.29, 0.717) is 56.3 Å². The average Bonchev–Trinajstić information content (AvgIpc) is 2.95. The molecule has 5 aromatic rings. The van der Waals surface area contributed by atoms with E-state index >= 15 is 0 Å². The molecule has 1 aromatic heterocycles. The summed E-state index contributed by atoms with van der Waals surface area (Å²) in [5.74, 6) is 1.54. The van der Waals surface area contributed by atoms with E-state index in [4.69, 9.17) is 56.1 Å². The minimum atomic E-state index is 0.451. The van der Waals surface area contributed by atoms with Gasteiger partial charge in [0, 0.05) is 57.2 Å². The summed E-state index contributed by atoms with van der Waals surface area (Å²) in [6, 6.07) is 27.7. The Morgan fingerprint density at radius 3 is 2.41 bits per heavy atom. The number of guanidine groups is 1. The molecule has 3 N–H and O–H groups in total. The van der Waals surface area contributed by atoms with Crippen LogP contribution >= 0.6 is 46.4 Å². The molecular formula is C31H25Cl4N5O. The minimum Gasteiger partial charge on any atom is -0.454 e. The Morgan fingerprint density at radius 2 is 1.54 bits per heavy atom. The molecule has 0 aliphatic rings. The van der Waals surface area contributed by atoms with Crippen molar-refractivity contribution in [1.29, 1.82) is 0 Å². The monoisotopic (exact) mass is 623 g/mol. The number of nitrogens with zero attached hydrogens (tertiary/aromatic N) is 2. The van der Waals surface area contributed by atoms with E-state index in [0.717, 1.165) is 28.7 Å². The second kappa shape index (κ2) is 13.8. The highest BCUT2D eigenvalue weighted by Gasteiger charge is 2.11. The molecule has 0 saturated heterocycles. The van der Waals surface area contributed by atoms with Crippen molar-refractivity contribution in [3.05, 3.63) is 117 Å². The Hall–Kier alpha value is -3.68. The summed E-state index contributed by atoms with van der Waals surface area (Å²) in [5, 5.41) is 13.4. The van der Waals surface area contributed by atoms with Gasteiger partial charge in [-0.2, -0.15) is 0 Å². The molecule has 208 valence electrons. The molecule has 0 unspecified atom stereocenters. The molecule has 0 aliphatic carbocycles. The standard InChI is InChI=1S/C31H25Cl4N5O/c32-20-5-3-6-23(17-20)39-31(38-15-4-14-36-26-13-16-37-28-18-21(33)9-11-24(26)28)40-27-7-1-2-8-29(27)41-30-19-22(34)10-12-25(30)35/h1-3,5-13,16-19H,4,14-15H2,(H,36,37)(H2,38,39,40). The molecule has 5 rings (SSSR count). The first-order chi connectivity index (χ1) is 19.9. The predicted molar refractivity (Wildman–Crippen MR) is 174 cm³/mol. The van der Waals surface area contributed by atoms with Crippen LogP contribution in [0.3, 0.4) is 0 Å². The number of aromatic nitrogens is 1. The quantitative estimate of drug-likeness (QED) is 0.0864. The van der Waals surface area contributed by atoms with E-state index in [9.17, 15) is 0 Å². The maximum absolute atomic E-state index is 6.34. The van der Waals surface area contributed by atoms with Gasteiger partial charge in [0.1, 0.15) is 5.75 Å². The first-order valence-electron chi connectivity index (χ1n) is 12.8. The highest BCUT2D eigenvalue weighted by Crippen LogP contribution is 2.35. The number of anilines is 3. The van der Waals surface area contributed by atoms with Crippen molar-refractivity contribution in [2.45, 2.75) is 6.42 Å². The number of pyridine rings is 1. The highest BCUT2D eigenvalue weighted by atomic mass is 35.5. The Kier molecular flexibility index (Phi) is 9.70. The van der Waals surface area contributed by atoms with Crippen LogP contribution < -0.4 is 20.7 Å². The summed E-state index contributed by atoms with van der Waals surface area (Å²) in [7, 11) is 0. The Morgan fingerprint density at radius 1 is 0.732 bits per heavy atom. The number of halogens is 4. The SMILES string of the molecule is Clc1cccc(NC(=NCCCNc2ccnc3cc(Cl)ccc23)Nc2ccccc2Oc2cc(Cl)ccc2Cl)c1. The van der Waals surface area contributed by atoms with Crippen molar-refractivity contribution in [2.75, 3.05) is 29.0 Å². The molecule has 0 saturated carbocycles. The van der Waals surface area contributed by atoms with Gasteiger partial charge >= 0.3 is 0 Å². The van der Waals surface area contributed by atoms with E-state index in [2.05, 4.69) is 20.9 Å². The zero-order valence-corrected chi connectivity index (χ0v) is 24.7. The molecule has 0 radical (unpaired) electrons. The smallest absolute Gasteiger partial charge is 0.200 e. The topological polar surface area (TPSA) is 70.6 Å². The second-order valence-electron chi connectivity index (χ2n) is 8.96. The minimum absolute atomic E-state index is 0.451. The first kappa shape index (κ1) is 28.8. The van der Waals surface area contributed by atoms with Crippen molar-refractivity contribution in [2.24, 2.45) is 4.99 Å². The summed E-state index contributed by atoms with van der Waals surface area (Å²) in [6.07, 6.45) is 2.54. The van der Waals surface area contributed by atoms with Gasteiger partial charge in [0.05, 0.1) is 16.2 Å². The lowest BCUT2D eigenvalue weighted by Crippen LogP contribution is -2.23. The van der Waals surface area contributed by atoms with Gasteiger partial charge < -0.3 is 20.7 Å². The number of aliphatic imine (C=N–C) groups is 1. The maximum atomic E-state index is 6.34. The van der Waals surface area contributed by atoms with Crippen molar-refractivity contribution < 1.29 is 4.74 Å². The number of benzene rings is 4. The molecular weight excluding hydrogens is 600 g/mol. The van der Waals surface area contributed by atoms with Gasteiger partial charge in [0.2, 0.25) is 0 Å². The fourth-order valence-electron chi connectivity index (χ4n) is 4.04. The fraction of sp³-hybridized carbons (Fsp3) is 0.0968. The number of para-hydroxylation sites is 2. The zero-order chi connectivity index (χ0) is 28.6. The molecule has 0 amide bonds. The van der Waals surface area contributed by atoms with Crippen LogP contribution in [0.25, 0.3) is 10.9 Å². The Balaban J connectivity index is 1.30. The third-order valence-electron chi connectivity index (χ3n) is 5.97. The molecule has 41 heavy (non-hydrogen) atoms. The van der Waals surface area contributed by atoms with E-state index in [1.54, 1.807) is 24.4 Å². The Labute approximate surface area is 258 Å². The summed E-state index contributed by atoms with van der Waals surface area (Å²) in [4.78, 5) is 9.21. The van der Waals surface area contributed by atoms with Crippen LogP contribution in [-0.4, -0.2) is 24.0 Å². The van der Waals surface area contributed by atoms with Crippen LogP contribution in [0.15, 0.2) is 102 Å². The van der Waals surface area contributed by atoms with Crippen LogP contribution in [0.2, 0.25) is 20.1 Å². The van der Waals surface area contributed by atoms with Gasteiger partial charge in [0.15, 0.2) is 11.7 Å². The van der Waals surface area contributed by atoms with Gasteiger partial charge in [-0.3, -0.25) is 9.98 Å². The van der Waals surface area contributed by atoms with Gasteiger partial charge in [-0.25, -0.2) is 0 Å². The first-order valence-corrected chi connectivity index (χ1v) is 14.3. The van der Waals surface area contributed by atoms with Gasteiger partial charge in [-0.15, -0.1) is 0 Å². The summed E-state index contributed by atoms with van der Waals surface area (Å²) in [6.45, 7) is 1.25. The van der Waals surface area contributed by atoms with Crippen LogP contribution in [0.4, 0.5) is 17.1 Å². The fourth-order valence-corrected chi connectivity index (χ4v) is 4.72. The van der Waals surface area contributed by atoms with Crippen molar-refractivity contribution in [3.63, 3.8) is 0 Å². The Bertz CT molecular complexity index is 1700. The van der Waals surface area contributed by atoms with Crippen molar-refractivity contribution in [3.8, 4) is 11.5 Å². The molecule has 0 spiro atoms. The number of fused-ring (bicyclic) bond motifs is 1. The summed E-state index contributed by atoms with van der Waals surface area (Å²) < 4.78 is 6.12. The van der Waals surface area contributed by atoms with Crippen LogP contribution in [0.1, 0.15) is 6.42 Å². The summed E-state index contributed by atoms with van der Waals surface area (Å²) in [5.41, 5.74) is 3.33. The predicted octanol–water partition coefficient (Wildman–Crippen LogP) is 10.0.